The van der Waals surface area contributed by atoms with E-state index in [2.05, 4.69) is 15.5 Å². The van der Waals surface area contributed by atoms with Crippen LogP contribution in [0, 0.1) is 5.92 Å². The highest BCUT2D eigenvalue weighted by Crippen LogP contribution is 2.34. The summed E-state index contributed by atoms with van der Waals surface area (Å²) in [5, 5.41) is 11.2. The molecule has 1 unspecified atom stereocenters. The van der Waals surface area contributed by atoms with E-state index in [1.54, 1.807) is 0 Å². The number of amides is 1. The van der Waals surface area contributed by atoms with E-state index >= 15 is 0 Å². The number of H-pyrrole nitrogens is 1. The van der Waals surface area contributed by atoms with Gasteiger partial charge < -0.3 is 22.2 Å². The lowest BCUT2D eigenvalue weighted by molar-refractivity contribution is -0.933. The van der Waals surface area contributed by atoms with Crippen molar-refractivity contribution in [3.05, 3.63) is 30.0 Å². The molecule has 0 spiro atoms. The fraction of sp³-hybridized carbons (Fsp3) is 0.500. The van der Waals surface area contributed by atoms with Gasteiger partial charge in [-0.25, -0.2) is 0 Å². The van der Waals surface area contributed by atoms with Crippen molar-refractivity contribution >= 4 is 28.4 Å². The molecule has 7 heteroatoms. The van der Waals surface area contributed by atoms with Crippen molar-refractivity contribution in [2.75, 3.05) is 25.6 Å². The lowest BCUT2D eigenvalue weighted by Crippen LogP contribution is -3.00. The molecule has 124 valence electrons. The van der Waals surface area contributed by atoms with Gasteiger partial charge in [-0.2, -0.15) is 5.10 Å². The van der Waals surface area contributed by atoms with E-state index in [0.29, 0.717) is 17.6 Å². The molecule has 0 saturated carbocycles. The molecule has 1 aromatic carbocycles. The van der Waals surface area contributed by atoms with Gasteiger partial charge in [-0.3, -0.25) is 9.89 Å². The summed E-state index contributed by atoms with van der Waals surface area (Å²) in [6.07, 6.45) is 2.30. The van der Waals surface area contributed by atoms with E-state index in [0.717, 1.165) is 47.9 Å². The maximum atomic E-state index is 12.6. The van der Waals surface area contributed by atoms with Crippen molar-refractivity contribution in [3.8, 4) is 0 Å². The van der Waals surface area contributed by atoms with E-state index in [4.69, 9.17) is 11.6 Å². The summed E-state index contributed by atoms with van der Waals surface area (Å²) in [7, 11) is 0. The zero-order chi connectivity index (χ0) is 15.2. The summed E-state index contributed by atoms with van der Waals surface area (Å²) in [5.74, 6) is 0.501. The van der Waals surface area contributed by atoms with Crippen LogP contribution in [0.25, 0.3) is 10.9 Å². The topological polar surface area (TPSA) is 57.8 Å². The third-order valence-corrected chi connectivity index (χ3v) is 5.86. The smallest absolute Gasteiger partial charge is 0.272 e. The van der Waals surface area contributed by atoms with Gasteiger partial charge in [0.2, 0.25) is 0 Å². The van der Waals surface area contributed by atoms with Gasteiger partial charge in [-0.1, -0.05) is 29.8 Å². The Balaban J connectivity index is 0.00000156. The standard InChI is InChI=1S/C16H19ClN4O.ClH/c17-10-21-7-5-11(6-8-21)14(9-21)18-16(22)15-12-3-1-2-4-13(12)19-20-15;/h1-4,11,14H,5-10H2,(H-,18,19,20,22);1H. The number of alkyl halides is 1. The molecule has 3 saturated heterocycles. The van der Waals surface area contributed by atoms with Crippen LogP contribution in [0.5, 0.6) is 0 Å². The fourth-order valence-electron chi connectivity index (χ4n) is 3.99. The second-order valence-corrected chi connectivity index (χ2v) is 6.87. The highest BCUT2D eigenvalue weighted by molar-refractivity contribution is 6.17. The van der Waals surface area contributed by atoms with Crippen LogP contribution in [0.2, 0.25) is 0 Å². The number of nitrogens with one attached hydrogen (secondary N) is 2. The van der Waals surface area contributed by atoms with Crippen LogP contribution in [0.15, 0.2) is 24.3 Å². The molecule has 3 aliphatic heterocycles. The number of benzene rings is 1. The molecular weight excluding hydrogens is 335 g/mol. The average Bonchev–Trinajstić information content (AvgIpc) is 3.00. The van der Waals surface area contributed by atoms with E-state index in [1.165, 1.54) is 0 Å². The minimum absolute atomic E-state index is 0. The molecule has 0 aliphatic carbocycles. The van der Waals surface area contributed by atoms with Crippen molar-refractivity contribution in [1.29, 1.82) is 0 Å². The number of quaternary nitrogens is 1. The number of halogens is 2. The van der Waals surface area contributed by atoms with E-state index in [9.17, 15) is 4.79 Å². The Morgan fingerprint density at radius 3 is 2.83 bits per heavy atom. The van der Waals surface area contributed by atoms with Crippen LogP contribution in [0.3, 0.4) is 0 Å². The predicted molar refractivity (Wildman–Crippen MR) is 85.7 cm³/mol. The number of carbonyl (C=O) groups is 1. The lowest BCUT2D eigenvalue weighted by atomic mass is 9.82. The summed E-state index contributed by atoms with van der Waals surface area (Å²) in [6, 6.07) is 8.58. The van der Waals surface area contributed by atoms with Gasteiger partial charge in [0.15, 0.2) is 11.7 Å². The molecule has 0 radical (unpaired) electrons. The zero-order valence-corrected chi connectivity index (χ0v) is 14.3. The number of hydrogen-bond acceptors (Lipinski definition) is 2. The number of aromatic amines is 1. The normalized spacial score (nSPS) is 29.3. The number of carbonyl (C=O) groups excluding carboxylic acids is 1. The molecule has 2 bridgehead atoms. The molecule has 3 fully saturated rings. The summed E-state index contributed by atoms with van der Waals surface area (Å²) in [6.45, 7) is 3.24. The SMILES string of the molecule is O=C(NC1C[N+]2(CCl)CCC1CC2)c1n[nH]c2ccccc12.[Cl-]. The van der Waals surface area contributed by atoms with Gasteiger partial charge in [0, 0.05) is 18.2 Å². The van der Waals surface area contributed by atoms with Crippen molar-refractivity contribution in [1.82, 2.24) is 15.5 Å². The third kappa shape index (κ3) is 2.82. The highest BCUT2D eigenvalue weighted by atomic mass is 35.5. The Hall–Kier alpha value is -1.30. The molecule has 5 nitrogen and oxygen atoms in total. The summed E-state index contributed by atoms with van der Waals surface area (Å²) in [5.41, 5.74) is 1.38. The summed E-state index contributed by atoms with van der Waals surface area (Å²) >= 11 is 6.18. The lowest BCUT2D eigenvalue weighted by Gasteiger charge is -2.51. The van der Waals surface area contributed by atoms with E-state index in [1.807, 2.05) is 24.3 Å². The average molecular weight is 355 g/mol. The molecule has 2 aromatic rings. The van der Waals surface area contributed by atoms with Gasteiger partial charge in [-0.15, -0.1) is 0 Å². The number of hydrogen-bond donors (Lipinski definition) is 2. The summed E-state index contributed by atoms with van der Waals surface area (Å²) in [4.78, 5) is 12.6. The number of piperidine rings is 3. The first-order valence-corrected chi connectivity index (χ1v) is 8.39. The highest BCUT2D eigenvalue weighted by Gasteiger charge is 2.46. The largest absolute Gasteiger partial charge is 1.00 e. The predicted octanol–water partition coefficient (Wildman–Crippen LogP) is -0.898. The van der Waals surface area contributed by atoms with Crippen molar-refractivity contribution in [2.45, 2.75) is 18.9 Å². The van der Waals surface area contributed by atoms with Crippen LogP contribution in [-0.2, 0) is 0 Å². The fourth-order valence-corrected chi connectivity index (χ4v) is 4.33. The molecule has 3 aliphatic rings. The van der Waals surface area contributed by atoms with Crippen LogP contribution in [-0.4, -0.2) is 52.3 Å². The van der Waals surface area contributed by atoms with E-state index < -0.39 is 0 Å². The molecule has 23 heavy (non-hydrogen) atoms. The first-order valence-electron chi connectivity index (χ1n) is 7.86. The Labute approximate surface area is 146 Å². The van der Waals surface area contributed by atoms with Crippen LogP contribution in [0.4, 0.5) is 0 Å². The quantitative estimate of drug-likeness (QED) is 0.426. The molecular formula is C16H20Cl2N4O. The van der Waals surface area contributed by atoms with Crippen LogP contribution >= 0.6 is 11.6 Å². The number of para-hydroxylation sites is 1. The van der Waals surface area contributed by atoms with Crippen molar-refractivity contribution in [2.24, 2.45) is 5.92 Å². The van der Waals surface area contributed by atoms with Gasteiger partial charge >= 0.3 is 0 Å². The minimum atomic E-state index is -0.0797. The monoisotopic (exact) mass is 354 g/mol. The zero-order valence-electron chi connectivity index (χ0n) is 12.8. The van der Waals surface area contributed by atoms with Crippen molar-refractivity contribution < 1.29 is 21.7 Å². The number of fused-ring (bicyclic) bond motifs is 4. The second kappa shape index (κ2) is 6.30. The maximum Gasteiger partial charge on any atom is 0.272 e. The molecule has 4 heterocycles. The van der Waals surface area contributed by atoms with Crippen LogP contribution in [0.1, 0.15) is 23.3 Å². The van der Waals surface area contributed by atoms with E-state index in [-0.39, 0.29) is 24.4 Å². The third-order valence-electron chi connectivity index (χ3n) is 5.36. The molecule has 1 amide bonds. The number of aromatic nitrogens is 2. The van der Waals surface area contributed by atoms with Gasteiger partial charge in [0.1, 0.15) is 6.54 Å². The Bertz CT molecular complexity index is 709. The number of rotatable bonds is 3. The Kier molecular flexibility index (Phi) is 4.54. The van der Waals surface area contributed by atoms with Gasteiger partial charge in [-0.05, 0) is 12.0 Å². The van der Waals surface area contributed by atoms with Crippen LogP contribution < -0.4 is 17.7 Å². The second-order valence-electron chi connectivity index (χ2n) is 6.63. The summed E-state index contributed by atoms with van der Waals surface area (Å²) < 4.78 is 0.935. The first-order chi connectivity index (χ1) is 10.7. The molecule has 1 atom stereocenters. The number of nitrogens with zero attached hydrogens (tertiary/aromatic N) is 2. The Morgan fingerprint density at radius 2 is 2.09 bits per heavy atom. The Morgan fingerprint density at radius 1 is 1.35 bits per heavy atom. The molecule has 1 aromatic heterocycles. The molecule has 5 rings (SSSR count). The van der Waals surface area contributed by atoms with Gasteiger partial charge in [0.25, 0.3) is 5.91 Å². The van der Waals surface area contributed by atoms with Crippen molar-refractivity contribution in [3.63, 3.8) is 0 Å². The van der Waals surface area contributed by atoms with Gasteiger partial charge in [0.05, 0.1) is 24.6 Å². The first kappa shape index (κ1) is 16.6. The minimum Gasteiger partial charge on any atom is -1.00 e. The molecule has 2 N–H and O–H groups in total. The maximum absolute atomic E-state index is 12.6.